The van der Waals surface area contributed by atoms with Gasteiger partial charge in [0.05, 0.1) is 0 Å². The lowest BCUT2D eigenvalue weighted by Crippen LogP contribution is -2.13. The summed E-state index contributed by atoms with van der Waals surface area (Å²) in [6, 6.07) is 0. The molecule has 0 amide bonds. The second-order valence-electron chi connectivity index (χ2n) is 2.68. The number of rotatable bonds is 1. The third-order valence-corrected chi connectivity index (χ3v) is 1.67. The maximum Gasteiger partial charge on any atom is 0.0207 e. The maximum atomic E-state index is 3.17. The monoisotopic (exact) mass is 111 g/mol. The van der Waals surface area contributed by atoms with E-state index in [0.717, 1.165) is 18.4 Å². The van der Waals surface area contributed by atoms with Gasteiger partial charge in [-0.3, -0.25) is 0 Å². The first-order valence-corrected chi connectivity index (χ1v) is 3.21. The largest absolute Gasteiger partial charge is 0.391 e. The Morgan fingerprint density at radius 2 is 2.38 bits per heavy atom. The lowest BCUT2D eigenvalue weighted by molar-refractivity contribution is 0.476. The van der Waals surface area contributed by atoms with Crippen LogP contribution >= 0.6 is 0 Å². The second-order valence-corrected chi connectivity index (χ2v) is 2.68. The number of hydrogen-bond donors (Lipinski definition) is 1. The standard InChI is InChI=1S/C7H13N/c1-6(2)7-3-4-8-5-7/h3-4,6-8H,5H2,1-2H3. The highest BCUT2D eigenvalue weighted by Crippen LogP contribution is 2.13. The maximum absolute atomic E-state index is 3.17. The fraction of sp³-hybridized carbons (Fsp3) is 0.714. The average molecular weight is 111 g/mol. The topological polar surface area (TPSA) is 12.0 Å². The average Bonchev–Trinajstić information content (AvgIpc) is 2.12. The van der Waals surface area contributed by atoms with Crippen molar-refractivity contribution >= 4 is 0 Å². The van der Waals surface area contributed by atoms with E-state index in [9.17, 15) is 0 Å². The van der Waals surface area contributed by atoms with Crippen LogP contribution in [0.25, 0.3) is 0 Å². The zero-order valence-electron chi connectivity index (χ0n) is 5.52. The van der Waals surface area contributed by atoms with Gasteiger partial charge in [-0.1, -0.05) is 19.9 Å². The van der Waals surface area contributed by atoms with Crippen LogP contribution in [-0.4, -0.2) is 6.54 Å². The molecule has 46 valence electrons. The minimum Gasteiger partial charge on any atom is -0.391 e. The van der Waals surface area contributed by atoms with Crippen molar-refractivity contribution in [1.29, 1.82) is 0 Å². The summed E-state index contributed by atoms with van der Waals surface area (Å²) in [6.07, 6.45) is 4.29. The molecule has 0 radical (unpaired) electrons. The van der Waals surface area contributed by atoms with Crippen molar-refractivity contribution in [3.8, 4) is 0 Å². The van der Waals surface area contributed by atoms with Gasteiger partial charge in [0.2, 0.25) is 0 Å². The second kappa shape index (κ2) is 2.21. The smallest absolute Gasteiger partial charge is 0.0207 e. The Labute approximate surface area is 50.8 Å². The van der Waals surface area contributed by atoms with E-state index in [2.05, 4.69) is 25.2 Å². The molecular weight excluding hydrogens is 98.1 g/mol. The van der Waals surface area contributed by atoms with Gasteiger partial charge in [-0.2, -0.15) is 0 Å². The van der Waals surface area contributed by atoms with Crippen LogP contribution in [0.15, 0.2) is 12.3 Å². The molecule has 1 nitrogen and oxygen atoms in total. The lowest BCUT2D eigenvalue weighted by atomic mass is 9.98. The Morgan fingerprint density at radius 1 is 1.62 bits per heavy atom. The summed E-state index contributed by atoms with van der Waals surface area (Å²) in [5.74, 6) is 1.57. The Hall–Kier alpha value is -0.460. The van der Waals surface area contributed by atoms with Crippen molar-refractivity contribution in [3.63, 3.8) is 0 Å². The highest BCUT2D eigenvalue weighted by molar-refractivity contribution is 4.96. The van der Waals surface area contributed by atoms with E-state index in [1.165, 1.54) is 0 Å². The summed E-state index contributed by atoms with van der Waals surface area (Å²) in [5.41, 5.74) is 0. The molecule has 0 saturated heterocycles. The van der Waals surface area contributed by atoms with Gasteiger partial charge in [0.1, 0.15) is 0 Å². The van der Waals surface area contributed by atoms with Crippen LogP contribution in [0, 0.1) is 11.8 Å². The summed E-state index contributed by atoms with van der Waals surface area (Å²) in [6.45, 7) is 5.64. The minimum atomic E-state index is 0.773. The zero-order chi connectivity index (χ0) is 5.98. The Balaban J connectivity index is 2.36. The van der Waals surface area contributed by atoms with Gasteiger partial charge < -0.3 is 5.32 Å². The summed E-state index contributed by atoms with van der Waals surface area (Å²) >= 11 is 0. The van der Waals surface area contributed by atoms with Crippen LogP contribution in [-0.2, 0) is 0 Å². The lowest BCUT2D eigenvalue weighted by Gasteiger charge is -2.09. The highest BCUT2D eigenvalue weighted by Gasteiger charge is 2.11. The van der Waals surface area contributed by atoms with Crippen LogP contribution in [0.4, 0.5) is 0 Å². The van der Waals surface area contributed by atoms with Crippen molar-refractivity contribution in [2.75, 3.05) is 6.54 Å². The molecule has 0 bridgehead atoms. The molecule has 1 aliphatic heterocycles. The minimum absolute atomic E-state index is 0.773. The van der Waals surface area contributed by atoms with E-state index in [4.69, 9.17) is 0 Å². The van der Waals surface area contributed by atoms with E-state index in [1.54, 1.807) is 0 Å². The van der Waals surface area contributed by atoms with Gasteiger partial charge in [0, 0.05) is 6.54 Å². The van der Waals surface area contributed by atoms with Gasteiger partial charge in [-0.25, -0.2) is 0 Å². The molecule has 1 rings (SSSR count). The van der Waals surface area contributed by atoms with Crippen LogP contribution in [0.2, 0.25) is 0 Å². The molecule has 0 aromatic carbocycles. The first-order valence-electron chi connectivity index (χ1n) is 3.21. The molecule has 1 N–H and O–H groups in total. The zero-order valence-corrected chi connectivity index (χ0v) is 5.52. The van der Waals surface area contributed by atoms with E-state index < -0.39 is 0 Å². The molecule has 0 fully saturated rings. The third kappa shape index (κ3) is 1.03. The molecule has 1 heteroatoms. The molecule has 0 spiro atoms. The third-order valence-electron chi connectivity index (χ3n) is 1.67. The van der Waals surface area contributed by atoms with E-state index in [1.807, 2.05) is 6.20 Å². The van der Waals surface area contributed by atoms with Gasteiger partial charge in [0.15, 0.2) is 0 Å². The van der Waals surface area contributed by atoms with Crippen molar-refractivity contribution in [3.05, 3.63) is 12.3 Å². The SMILES string of the molecule is CC(C)C1C=CNC1. The van der Waals surface area contributed by atoms with Crippen LogP contribution < -0.4 is 5.32 Å². The van der Waals surface area contributed by atoms with Gasteiger partial charge in [-0.15, -0.1) is 0 Å². The van der Waals surface area contributed by atoms with Crippen LogP contribution in [0.5, 0.6) is 0 Å². The summed E-state index contributed by atoms with van der Waals surface area (Å²) in [5, 5.41) is 3.17. The number of hydrogen-bond acceptors (Lipinski definition) is 1. The fourth-order valence-electron chi connectivity index (χ4n) is 0.922. The van der Waals surface area contributed by atoms with Crippen molar-refractivity contribution < 1.29 is 0 Å². The summed E-state index contributed by atoms with van der Waals surface area (Å²) < 4.78 is 0. The normalized spacial score (nSPS) is 26.6. The number of nitrogens with one attached hydrogen (secondary N) is 1. The first kappa shape index (κ1) is 5.67. The molecule has 1 heterocycles. The summed E-state index contributed by atoms with van der Waals surface area (Å²) in [7, 11) is 0. The van der Waals surface area contributed by atoms with E-state index >= 15 is 0 Å². The molecule has 1 aliphatic rings. The van der Waals surface area contributed by atoms with Gasteiger partial charge in [0.25, 0.3) is 0 Å². The molecule has 0 aromatic heterocycles. The summed E-state index contributed by atoms with van der Waals surface area (Å²) in [4.78, 5) is 0. The fourth-order valence-corrected chi connectivity index (χ4v) is 0.922. The molecule has 1 unspecified atom stereocenters. The van der Waals surface area contributed by atoms with Crippen LogP contribution in [0.3, 0.4) is 0 Å². The predicted octanol–water partition coefficient (Wildman–Crippen LogP) is 1.38. The molecule has 8 heavy (non-hydrogen) atoms. The van der Waals surface area contributed by atoms with E-state index in [-0.39, 0.29) is 0 Å². The van der Waals surface area contributed by atoms with Crippen molar-refractivity contribution in [2.45, 2.75) is 13.8 Å². The molecular formula is C7H13N. The Morgan fingerprint density at radius 3 is 2.62 bits per heavy atom. The Kier molecular flexibility index (Phi) is 1.56. The quantitative estimate of drug-likeness (QED) is 0.539. The Bertz CT molecular complexity index is 94.6. The van der Waals surface area contributed by atoms with Crippen LogP contribution in [0.1, 0.15) is 13.8 Å². The molecule has 1 atom stereocenters. The first-order chi connectivity index (χ1) is 3.80. The highest BCUT2D eigenvalue weighted by atomic mass is 14.9. The molecule has 0 aromatic rings. The van der Waals surface area contributed by atoms with Gasteiger partial charge >= 0.3 is 0 Å². The van der Waals surface area contributed by atoms with Crippen molar-refractivity contribution in [1.82, 2.24) is 5.32 Å². The van der Waals surface area contributed by atoms with E-state index in [0.29, 0.717) is 0 Å². The van der Waals surface area contributed by atoms with Crippen molar-refractivity contribution in [2.24, 2.45) is 11.8 Å². The molecule has 0 aliphatic carbocycles. The molecule has 0 saturated carbocycles. The van der Waals surface area contributed by atoms with Gasteiger partial charge in [-0.05, 0) is 18.0 Å². The predicted molar refractivity (Wildman–Crippen MR) is 35.5 cm³/mol.